The largest absolute Gasteiger partial charge is 0.508 e. The molecule has 0 aromatic heterocycles. The molecule has 1 heterocycles. The molecular weight excluding hydrogens is 292 g/mol. The maximum absolute atomic E-state index is 10.4. The van der Waals surface area contributed by atoms with E-state index in [1.807, 2.05) is 30.3 Å². The van der Waals surface area contributed by atoms with Crippen molar-refractivity contribution < 1.29 is 20.1 Å². The number of hydrogen-bond acceptors (Lipinski definition) is 4. The van der Waals surface area contributed by atoms with Crippen molar-refractivity contribution in [2.24, 2.45) is 0 Å². The number of aromatic hydroxyl groups is 3. The normalized spacial score (nSPS) is 15.4. The first kappa shape index (κ1) is 13.5. The zero-order valence-corrected chi connectivity index (χ0v) is 12.1. The molecular formula is C19H14O4. The summed E-state index contributed by atoms with van der Waals surface area (Å²) < 4.78 is 5.79. The van der Waals surface area contributed by atoms with Crippen LogP contribution in [0.3, 0.4) is 0 Å². The Balaban J connectivity index is 2.01. The van der Waals surface area contributed by atoms with Crippen LogP contribution in [0.2, 0.25) is 0 Å². The topological polar surface area (TPSA) is 69.9 Å². The van der Waals surface area contributed by atoms with E-state index in [2.05, 4.69) is 0 Å². The van der Waals surface area contributed by atoms with Crippen LogP contribution in [-0.2, 0) is 0 Å². The Labute approximate surface area is 132 Å². The van der Waals surface area contributed by atoms with Crippen LogP contribution in [0, 0.1) is 0 Å². The summed E-state index contributed by atoms with van der Waals surface area (Å²) >= 11 is 0. The zero-order chi connectivity index (χ0) is 16.0. The summed E-state index contributed by atoms with van der Waals surface area (Å²) in [5.74, 6) is 0.662. The molecule has 4 rings (SSSR count). The lowest BCUT2D eigenvalue weighted by Crippen LogP contribution is -2.11. The molecule has 4 nitrogen and oxygen atoms in total. The van der Waals surface area contributed by atoms with Crippen molar-refractivity contribution in [1.29, 1.82) is 0 Å². The van der Waals surface area contributed by atoms with Crippen molar-refractivity contribution >= 4 is 0 Å². The van der Waals surface area contributed by atoms with E-state index >= 15 is 0 Å². The standard InChI is InChI=1S/C19H14O4/c20-12-6-7-14-16(9-12)23-17-10-13(21)8-15(22)19(17)18(14)11-4-2-1-3-5-11/h1-10,18,20-22H. The number of ether oxygens (including phenoxy) is 1. The number of hydrogen-bond donors (Lipinski definition) is 3. The summed E-state index contributed by atoms with van der Waals surface area (Å²) in [5, 5.41) is 29.8. The molecule has 0 bridgehead atoms. The van der Waals surface area contributed by atoms with Gasteiger partial charge in [0.25, 0.3) is 0 Å². The molecule has 0 amide bonds. The summed E-state index contributed by atoms with van der Waals surface area (Å²) in [5.41, 5.74) is 2.44. The molecule has 1 aliphatic rings. The van der Waals surface area contributed by atoms with Crippen molar-refractivity contribution in [3.63, 3.8) is 0 Å². The SMILES string of the molecule is Oc1ccc2c(c1)Oc1cc(O)cc(O)c1C2c1ccccc1. The third kappa shape index (κ3) is 2.16. The third-order valence-electron chi connectivity index (χ3n) is 4.05. The average Bonchev–Trinajstić information content (AvgIpc) is 2.53. The second kappa shape index (κ2) is 4.95. The lowest BCUT2D eigenvalue weighted by atomic mass is 9.82. The van der Waals surface area contributed by atoms with Crippen LogP contribution < -0.4 is 4.74 Å². The molecule has 3 N–H and O–H groups in total. The Morgan fingerprint density at radius 3 is 2.26 bits per heavy atom. The van der Waals surface area contributed by atoms with E-state index < -0.39 is 0 Å². The quantitative estimate of drug-likeness (QED) is 0.495. The van der Waals surface area contributed by atoms with Gasteiger partial charge in [-0.2, -0.15) is 0 Å². The Bertz CT molecular complexity index is 887. The van der Waals surface area contributed by atoms with Crippen LogP contribution in [0.15, 0.2) is 60.7 Å². The summed E-state index contributed by atoms with van der Waals surface area (Å²) in [7, 11) is 0. The Kier molecular flexibility index (Phi) is 2.91. The monoisotopic (exact) mass is 306 g/mol. The van der Waals surface area contributed by atoms with Crippen LogP contribution in [0.1, 0.15) is 22.6 Å². The van der Waals surface area contributed by atoms with Crippen LogP contribution >= 0.6 is 0 Å². The highest BCUT2D eigenvalue weighted by atomic mass is 16.5. The van der Waals surface area contributed by atoms with E-state index in [0.29, 0.717) is 17.1 Å². The molecule has 1 unspecified atom stereocenters. The van der Waals surface area contributed by atoms with Gasteiger partial charge in [0.2, 0.25) is 0 Å². The Morgan fingerprint density at radius 2 is 1.48 bits per heavy atom. The molecule has 114 valence electrons. The van der Waals surface area contributed by atoms with Gasteiger partial charge >= 0.3 is 0 Å². The predicted octanol–water partition coefficient (Wildman–Crippen LogP) is 4.09. The number of benzene rings is 3. The first-order valence-electron chi connectivity index (χ1n) is 7.25. The Morgan fingerprint density at radius 1 is 0.739 bits per heavy atom. The summed E-state index contributed by atoms with van der Waals surface area (Å²) in [6.07, 6.45) is 0. The van der Waals surface area contributed by atoms with Gasteiger partial charge in [0.1, 0.15) is 28.7 Å². The second-order valence-corrected chi connectivity index (χ2v) is 5.54. The fraction of sp³-hybridized carbons (Fsp3) is 0.0526. The van der Waals surface area contributed by atoms with E-state index in [1.54, 1.807) is 12.1 Å². The van der Waals surface area contributed by atoms with E-state index in [0.717, 1.165) is 11.1 Å². The maximum atomic E-state index is 10.4. The number of rotatable bonds is 1. The molecule has 0 spiro atoms. The minimum atomic E-state index is -0.240. The lowest BCUT2D eigenvalue weighted by Gasteiger charge is -2.29. The molecule has 3 aromatic carbocycles. The first-order valence-corrected chi connectivity index (χ1v) is 7.25. The smallest absolute Gasteiger partial charge is 0.139 e. The van der Waals surface area contributed by atoms with Gasteiger partial charge in [0, 0.05) is 35.2 Å². The molecule has 0 saturated heterocycles. The van der Waals surface area contributed by atoms with Crippen molar-refractivity contribution in [3.8, 4) is 28.7 Å². The minimum absolute atomic E-state index is 0.0208. The number of fused-ring (bicyclic) bond motifs is 2. The summed E-state index contributed by atoms with van der Waals surface area (Å²) in [6, 6.07) is 17.4. The zero-order valence-electron chi connectivity index (χ0n) is 12.1. The van der Waals surface area contributed by atoms with E-state index in [4.69, 9.17) is 4.74 Å². The third-order valence-corrected chi connectivity index (χ3v) is 4.05. The van der Waals surface area contributed by atoms with Crippen molar-refractivity contribution in [2.75, 3.05) is 0 Å². The molecule has 1 atom stereocenters. The van der Waals surface area contributed by atoms with Gasteiger partial charge in [0.15, 0.2) is 0 Å². The summed E-state index contributed by atoms with van der Waals surface area (Å²) in [4.78, 5) is 0. The number of phenols is 3. The molecule has 0 aliphatic carbocycles. The van der Waals surface area contributed by atoms with E-state index in [9.17, 15) is 15.3 Å². The second-order valence-electron chi connectivity index (χ2n) is 5.54. The lowest BCUT2D eigenvalue weighted by molar-refractivity contribution is 0.406. The van der Waals surface area contributed by atoms with Crippen LogP contribution in [0.25, 0.3) is 0 Å². The van der Waals surface area contributed by atoms with Gasteiger partial charge in [0.05, 0.1) is 0 Å². The van der Waals surface area contributed by atoms with Gasteiger partial charge < -0.3 is 20.1 Å². The Hall–Kier alpha value is -3.14. The average molecular weight is 306 g/mol. The summed E-state index contributed by atoms with van der Waals surface area (Å²) in [6.45, 7) is 0. The van der Waals surface area contributed by atoms with Gasteiger partial charge in [-0.15, -0.1) is 0 Å². The highest BCUT2D eigenvalue weighted by Gasteiger charge is 2.32. The predicted molar refractivity (Wildman–Crippen MR) is 85.3 cm³/mol. The molecule has 23 heavy (non-hydrogen) atoms. The van der Waals surface area contributed by atoms with Gasteiger partial charge in [-0.3, -0.25) is 0 Å². The molecule has 0 saturated carbocycles. The van der Waals surface area contributed by atoms with Crippen molar-refractivity contribution in [3.05, 3.63) is 77.4 Å². The maximum Gasteiger partial charge on any atom is 0.139 e. The molecule has 0 radical (unpaired) electrons. The van der Waals surface area contributed by atoms with Crippen molar-refractivity contribution in [2.45, 2.75) is 5.92 Å². The first-order chi connectivity index (χ1) is 11.1. The van der Waals surface area contributed by atoms with Crippen LogP contribution in [-0.4, -0.2) is 15.3 Å². The van der Waals surface area contributed by atoms with E-state index in [1.165, 1.54) is 18.2 Å². The van der Waals surface area contributed by atoms with Gasteiger partial charge in [-0.25, -0.2) is 0 Å². The van der Waals surface area contributed by atoms with E-state index in [-0.39, 0.29) is 23.2 Å². The van der Waals surface area contributed by atoms with Crippen LogP contribution in [0.5, 0.6) is 28.7 Å². The molecule has 3 aromatic rings. The molecule has 0 fully saturated rings. The van der Waals surface area contributed by atoms with Gasteiger partial charge in [-0.05, 0) is 11.6 Å². The van der Waals surface area contributed by atoms with Gasteiger partial charge in [-0.1, -0.05) is 36.4 Å². The number of phenolic OH excluding ortho intramolecular Hbond substituents is 3. The minimum Gasteiger partial charge on any atom is -0.508 e. The van der Waals surface area contributed by atoms with Crippen LogP contribution in [0.4, 0.5) is 0 Å². The highest BCUT2D eigenvalue weighted by Crippen LogP contribution is 2.52. The highest BCUT2D eigenvalue weighted by molar-refractivity contribution is 5.64. The fourth-order valence-electron chi connectivity index (χ4n) is 3.09. The molecule has 1 aliphatic heterocycles. The fourth-order valence-corrected chi connectivity index (χ4v) is 3.09. The molecule has 4 heteroatoms. The van der Waals surface area contributed by atoms with Crippen molar-refractivity contribution in [1.82, 2.24) is 0 Å².